The van der Waals surface area contributed by atoms with Gasteiger partial charge in [0.1, 0.15) is 12.1 Å². The smallest absolute Gasteiger partial charge is 0.144 e. The Hall–Kier alpha value is -2.20. The molecule has 1 aromatic carbocycles. The van der Waals surface area contributed by atoms with Crippen molar-refractivity contribution in [1.29, 1.82) is 0 Å². The lowest BCUT2D eigenvalue weighted by molar-refractivity contribution is 0.280. The Kier molecular flexibility index (Phi) is 2.80. The summed E-state index contributed by atoms with van der Waals surface area (Å²) in [6, 6.07) is 9.88. The van der Waals surface area contributed by atoms with E-state index in [4.69, 9.17) is 0 Å². The number of pyridine rings is 1. The third-order valence-corrected chi connectivity index (χ3v) is 3.29. The largest absolute Gasteiger partial charge is 0.392 e. The van der Waals surface area contributed by atoms with Gasteiger partial charge in [0.2, 0.25) is 0 Å². The molecular weight excluding hydrogens is 238 g/mol. The maximum absolute atomic E-state index is 9.59. The standard InChI is InChI=1S/C15H15N3O/c1-10-7-11(2)17-15(12(10)8-19)18-9-16-13-5-3-4-6-14(13)18/h3-7,9,19H,8H2,1-2H3. The molecule has 0 unspecified atom stereocenters. The van der Waals surface area contributed by atoms with E-state index < -0.39 is 0 Å². The molecule has 0 saturated heterocycles. The third kappa shape index (κ3) is 1.90. The van der Waals surface area contributed by atoms with Crippen LogP contribution in [0.1, 0.15) is 16.8 Å². The molecule has 4 heteroatoms. The number of hydrogen-bond acceptors (Lipinski definition) is 3. The molecule has 96 valence electrons. The second-order valence-electron chi connectivity index (χ2n) is 4.64. The van der Waals surface area contributed by atoms with E-state index >= 15 is 0 Å². The minimum Gasteiger partial charge on any atom is -0.392 e. The van der Waals surface area contributed by atoms with Crippen LogP contribution in [0.5, 0.6) is 0 Å². The van der Waals surface area contributed by atoms with Crippen LogP contribution in [0, 0.1) is 13.8 Å². The molecule has 0 saturated carbocycles. The maximum atomic E-state index is 9.59. The number of aliphatic hydroxyl groups is 1. The number of nitrogens with zero attached hydrogens (tertiary/aromatic N) is 3. The molecule has 0 aliphatic carbocycles. The Labute approximate surface area is 111 Å². The Bertz CT molecular complexity index is 746. The fourth-order valence-electron chi connectivity index (χ4n) is 2.37. The highest BCUT2D eigenvalue weighted by molar-refractivity contribution is 5.77. The second kappa shape index (κ2) is 4.48. The lowest BCUT2D eigenvalue weighted by atomic mass is 10.1. The van der Waals surface area contributed by atoms with Crippen molar-refractivity contribution in [2.45, 2.75) is 20.5 Å². The summed E-state index contributed by atoms with van der Waals surface area (Å²) in [7, 11) is 0. The van der Waals surface area contributed by atoms with Crippen LogP contribution in [-0.4, -0.2) is 19.6 Å². The van der Waals surface area contributed by atoms with Crippen molar-refractivity contribution >= 4 is 11.0 Å². The van der Waals surface area contributed by atoms with E-state index in [9.17, 15) is 5.11 Å². The van der Waals surface area contributed by atoms with Gasteiger partial charge in [-0.15, -0.1) is 0 Å². The summed E-state index contributed by atoms with van der Waals surface area (Å²) in [5.74, 6) is 0.758. The van der Waals surface area contributed by atoms with Gasteiger partial charge in [-0.3, -0.25) is 4.57 Å². The van der Waals surface area contributed by atoms with E-state index in [1.54, 1.807) is 6.33 Å². The van der Waals surface area contributed by atoms with Crippen LogP contribution in [0.4, 0.5) is 0 Å². The molecule has 0 spiro atoms. The van der Waals surface area contributed by atoms with Gasteiger partial charge in [-0.2, -0.15) is 0 Å². The zero-order chi connectivity index (χ0) is 13.4. The summed E-state index contributed by atoms with van der Waals surface area (Å²) in [5.41, 5.74) is 4.74. The molecular formula is C15H15N3O. The highest BCUT2D eigenvalue weighted by Crippen LogP contribution is 2.22. The number of rotatable bonds is 2. The van der Waals surface area contributed by atoms with Gasteiger partial charge in [0.25, 0.3) is 0 Å². The van der Waals surface area contributed by atoms with Crippen LogP contribution < -0.4 is 0 Å². The Morgan fingerprint density at radius 1 is 1.21 bits per heavy atom. The molecule has 0 amide bonds. The number of fused-ring (bicyclic) bond motifs is 1. The van der Waals surface area contributed by atoms with E-state index in [0.29, 0.717) is 0 Å². The van der Waals surface area contributed by atoms with Crippen LogP contribution in [-0.2, 0) is 6.61 Å². The molecule has 4 nitrogen and oxygen atoms in total. The minimum absolute atomic E-state index is 0.0268. The van der Waals surface area contributed by atoms with Crippen LogP contribution in [0.15, 0.2) is 36.7 Å². The van der Waals surface area contributed by atoms with E-state index in [-0.39, 0.29) is 6.61 Å². The van der Waals surface area contributed by atoms with Crippen molar-refractivity contribution in [3.63, 3.8) is 0 Å². The van der Waals surface area contributed by atoms with E-state index in [1.807, 2.05) is 48.7 Å². The minimum atomic E-state index is -0.0268. The van der Waals surface area contributed by atoms with Crippen LogP contribution >= 0.6 is 0 Å². The molecule has 0 bridgehead atoms. The molecule has 0 aliphatic heterocycles. The van der Waals surface area contributed by atoms with Crippen LogP contribution in [0.3, 0.4) is 0 Å². The van der Waals surface area contributed by atoms with Crippen LogP contribution in [0.25, 0.3) is 16.9 Å². The summed E-state index contributed by atoms with van der Waals surface area (Å²) >= 11 is 0. The Morgan fingerprint density at radius 2 is 2.00 bits per heavy atom. The van der Waals surface area contributed by atoms with Gasteiger partial charge >= 0.3 is 0 Å². The Morgan fingerprint density at radius 3 is 2.79 bits per heavy atom. The molecule has 2 aromatic heterocycles. The fourth-order valence-corrected chi connectivity index (χ4v) is 2.37. The summed E-state index contributed by atoms with van der Waals surface area (Å²) in [4.78, 5) is 8.93. The second-order valence-corrected chi connectivity index (χ2v) is 4.64. The number of imidazole rings is 1. The number of aromatic nitrogens is 3. The summed E-state index contributed by atoms with van der Waals surface area (Å²) in [5, 5.41) is 9.59. The lowest BCUT2D eigenvalue weighted by Gasteiger charge is -2.12. The molecule has 0 radical (unpaired) electrons. The van der Waals surface area contributed by atoms with Crippen molar-refractivity contribution in [3.05, 3.63) is 53.5 Å². The van der Waals surface area contributed by atoms with Gasteiger partial charge in [0.05, 0.1) is 17.6 Å². The van der Waals surface area contributed by atoms with Gasteiger partial charge in [0, 0.05) is 11.3 Å². The van der Waals surface area contributed by atoms with E-state index in [1.165, 1.54) is 0 Å². The molecule has 0 aliphatic rings. The van der Waals surface area contributed by atoms with Gasteiger partial charge < -0.3 is 5.11 Å². The van der Waals surface area contributed by atoms with Crippen LogP contribution in [0.2, 0.25) is 0 Å². The maximum Gasteiger partial charge on any atom is 0.144 e. The average Bonchev–Trinajstić information content (AvgIpc) is 2.81. The quantitative estimate of drug-likeness (QED) is 0.763. The fraction of sp³-hybridized carbons (Fsp3) is 0.200. The summed E-state index contributed by atoms with van der Waals surface area (Å²) in [6.07, 6.45) is 1.76. The molecule has 19 heavy (non-hydrogen) atoms. The highest BCUT2D eigenvalue weighted by atomic mass is 16.3. The van der Waals surface area contributed by atoms with Gasteiger partial charge in [-0.05, 0) is 37.6 Å². The van der Waals surface area contributed by atoms with Crippen molar-refractivity contribution in [1.82, 2.24) is 14.5 Å². The Balaban J connectivity index is 2.32. The van der Waals surface area contributed by atoms with E-state index in [2.05, 4.69) is 9.97 Å². The normalized spacial score (nSPS) is 11.1. The van der Waals surface area contributed by atoms with Gasteiger partial charge in [-0.1, -0.05) is 12.1 Å². The molecule has 3 aromatic rings. The van der Waals surface area contributed by atoms with Crippen molar-refractivity contribution in [3.8, 4) is 5.82 Å². The zero-order valence-electron chi connectivity index (χ0n) is 11.0. The first-order valence-electron chi connectivity index (χ1n) is 6.21. The lowest BCUT2D eigenvalue weighted by Crippen LogP contribution is -2.05. The summed E-state index contributed by atoms with van der Waals surface area (Å²) in [6.45, 7) is 3.92. The predicted molar refractivity (Wildman–Crippen MR) is 74.3 cm³/mol. The van der Waals surface area contributed by atoms with Gasteiger partial charge in [0.15, 0.2) is 0 Å². The average molecular weight is 253 g/mol. The number of benzene rings is 1. The van der Waals surface area contributed by atoms with Crippen molar-refractivity contribution in [2.75, 3.05) is 0 Å². The first-order valence-corrected chi connectivity index (χ1v) is 6.21. The number of para-hydroxylation sites is 2. The SMILES string of the molecule is Cc1cc(C)c(CO)c(-n2cnc3ccccc32)n1. The first-order chi connectivity index (χ1) is 9.20. The number of aryl methyl sites for hydroxylation is 2. The predicted octanol–water partition coefficient (Wildman–Crippen LogP) is 2.53. The monoisotopic (exact) mass is 253 g/mol. The van der Waals surface area contributed by atoms with Crippen molar-refractivity contribution in [2.24, 2.45) is 0 Å². The molecule has 3 rings (SSSR count). The molecule has 2 heterocycles. The topological polar surface area (TPSA) is 50.9 Å². The molecule has 0 atom stereocenters. The highest BCUT2D eigenvalue weighted by Gasteiger charge is 2.12. The van der Waals surface area contributed by atoms with Gasteiger partial charge in [-0.25, -0.2) is 9.97 Å². The van der Waals surface area contributed by atoms with Crippen molar-refractivity contribution < 1.29 is 5.11 Å². The molecule has 1 N–H and O–H groups in total. The number of aliphatic hydroxyl groups excluding tert-OH is 1. The zero-order valence-corrected chi connectivity index (χ0v) is 11.0. The first kappa shape index (κ1) is 11.9. The number of hydrogen-bond donors (Lipinski definition) is 1. The third-order valence-electron chi connectivity index (χ3n) is 3.29. The van der Waals surface area contributed by atoms with E-state index in [0.717, 1.165) is 33.7 Å². The molecule has 0 fully saturated rings. The summed E-state index contributed by atoms with van der Waals surface area (Å²) < 4.78 is 1.93.